The van der Waals surface area contributed by atoms with Gasteiger partial charge in [0.05, 0.1) is 17.4 Å². The van der Waals surface area contributed by atoms with Gasteiger partial charge in [0, 0.05) is 17.7 Å². The van der Waals surface area contributed by atoms with Gasteiger partial charge >= 0.3 is 0 Å². The molecule has 1 amide bonds. The summed E-state index contributed by atoms with van der Waals surface area (Å²) in [6.07, 6.45) is 3.09. The fourth-order valence-corrected chi connectivity index (χ4v) is 5.63. The summed E-state index contributed by atoms with van der Waals surface area (Å²) in [5.41, 5.74) is 2.88. The van der Waals surface area contributed by atoms with Crippen LogP contribution in [-0.2, 0) is 32.9 Å². The number of rotatable bonds is 4. The normalized spacial score (nSPS) is 26.1. The number of likely N-dealkylation sites (N-methyl/N-ethyl adjacent to an activating group) is 1. The molecule has 0 aromatic heterocycles. The number of nitrogens with one attached hydrogen (secondary N) is 1. The summed E-state index contributed by atoms with van der Waals surface area (Å²) in [5.74, 6) is 0.172. The fourth-order valence-electron chi connectivity index (χ4n) is 5.00. The SMILES string of the molecule is CN1CCC2(C)c3cc(O)ccc3CC1C2NC(=O)Cc1ccc(S(C)(=O)=O)cc1. The van der Waals surface area contributed by atoms with Crippen molar-refractivity contribution in [1.29, 1.82) is 0 Å². The number of sulfone groups is 1. The molecule has 4 rings (SSSR count). The lowest BCUT2D eigenvalue weighted by molar-refractivity contribution is -0.123. The largest absolute Gasteiger partial charge is 0.508 e. The number of benzene rings is 2. The van der Waals surface area contributed by atoms with Crippen molar-refractivity contribution in [3.05, 3.63) is 59.2 Å². The summed E-state index contributed by atoms with van der Waals surface area (Å²) in [4.78, 5) is 15.5. The molecule has 160 valence electrons. The van der Waals surface area contributed by atoms with Gasteiger partial charge in [0.1, 0.15) is 5.75 Å². The van der Waals surface area contributed by atoms with Crippen LogP contribution in [0, 0.1) is 0 Å². The molecule has 6 nitrogen and oxygen atoms in total. The van der Waals surface area contributed by atoms with Gasteiger partial charge in [-0.15, -0.1) is 0 Å². The van der Waals surface area contributed by atoms with Crippen LogP contribution in [0.1, 0.15) is 30.0 Å². The second-order valence-electron chi connectivity index (χ2n) is 8.90. The number of likely N-dealkylation sites (tertiary alicyclic amines) is 1. The van der Waals surface area contributed by atoms with Gasteiger partial charge in [-0.1, -0.05) is 25.1 Å². The van der Waals surface area contributed by atoms with Crippen molar-refractivity contribution in [2.24, 2.45) is 0 Å². The number of phenolic OH excluding ortho intramolecular Hbond substituents is 1. The third kappa shape index (κ3) is 3.72. The highest BCUT2D eigenvalue weighted by atomic mass is 32.2. The lowest BCUT2D eigenvalue weighted by Crippen LogP contribution is -2.67. The van der Waals surface area contributed by atoms with Gasteiger partial charge in [0.2, 0.25) is 5.91 Å². The Labute approximate surface area is 177 Å². The lowest BCUT2D eigenvalue weighted by Gasteiger charge is -2.54. The summed E-state index contributed by atoms with van der Waals surface area (Å²) in [7, 11) is -1.16. The van der Waals surface area contributed by atoms with Gasteiger partial charge in [0.15, 0.2) is 9.84 Å². The van der Waals surface area contributed by atoms with E-state index in [2.05, 4.69) is 24.2 Å². The Kier molecular flexibility index (Phi) is 5.14. The van der Waals surface area contributed by atoms with Crippen molar-refractivity contribution in [2.75, 3.05) is 19.8 Å². The third-order valence-corrected chi connectivity index (χ3v) is 7.92. The maximum atomic E-state index is 12.9. The highest BCUT2D eigenvalue weighted by Gasteiger charge is 2.50. The summed E-state index contributed by atoms with van der Waals surface area (Å²) in [6, 6.07) is 12.2. The zero-order chi connectivity index (χ0) is 21.7. The van der Waals surface area contributed by atoms with Crippen molar-refractivity contribution >= 4 is 15.7 Å². The van der Waals surface area contributed by atoms with Crippen molar-refractivity contribution in [3.63, 3.8) is 0 Å². The van der Waals surface area contributed by atoms with E-state index in [0.29, 0.717) is 0 Å². The Hall–Kier alpha value is -2.38. The van der Waals surface area contributed by atoms with Crippen LogP contribution < -0.4 is 5.32 Å². The molecule has 0 spiro atoms. The highest BCUT2D eigenvalue weighted by molar-refractivity contribution is 7.90. The Bertz CT molecular complexity index is 1080. The molecule has 2 aliphatic rings. The van der Waals surface area contributed by atoms with E-state index in [1.165, 1.54) is 11.8 Å². The summed E-state index contributed by atoms with van der Waals surface area (Å²) in [5, 5.41) is 13.3. The van der Waals surface area contributed by atoms with Crippen LogP contribution in [0.5, 0.6) is 5.75 Å². The molecular weight excluding hydrogens is 400 g/mol. The van der Waals surface area contributed by atoms with E-state index in [0.717, 1.165) is 30.5 Å². The molecule has 2 aromatic carbocycles. The van der Waals surface area contributed by atoms with Crippen molar-refractivity contribution in [2.45, 2.75) is 48.6 Å². The monoisotopic (exact) mass is 428 g/mol. The number of amides is 1. The predicted octanol–water partition coefficient (Wildman–Crippen LogP) is 2.04. The Balaban J connectivity index is 1.56. The Morgan fingerprint density at radius 2 is 1.93 bits per heavy atom. The second kappa shape index (κ2) is 7.39. The van der Waals surface area contributed by atoms with E-state index in [-0.39, 0.29) is 40.5 Å². The number of aromatic hydroxyl groups is 1. The maximum Gasteiger partial charge on any atom is 0.224 e. The smallest absolute Gasteiger partial charge is 0.224 e. The minimum atomic E-state index is -3.25. The molecule has 2 aromatic rings. The van der Waals surface area contributed by atoms with Crippen LogP contribution in [0.3, 0.4) is 0 Å². The number of carbonyl (C=O) groups is 1. The van der Waals surface area contributed by atoms with Crippen LogP contribution in [0.25, 0.3) is 0 Å². The molecule has 0 radical (unpaired) electrons. The number of phenols is 1. The van der Waals surface area contributed by atoms with Gasteiger partial charge in [-0.05, 0) is 67.4 Å². The molecule has 30 heavy (non-hydrogen) atoms. The molecular formula is C23H28N2O4S. The molecule has 0 saturated carbocycles. The molecule has 1 heterocycles. The zero-order valence-electron chi connectivity index (χ0n) is 17.6. The number of carbonyl (C=O) groups excluding carboxylic acids is 1. The summed E-state index contributed by atoms with van der Waals surface area (Å²) >= 11 is 0. The first-order valence-electron chi connectivity index (χ1n) is 10.2. The van der Waals surface area contributed by atoms with Crippen LogP contribution in [0.4, 0.5) is 0 Å². The predicted molar refractivity (Wildman–Crippen MR) is 115 cm³/mol. The molecule has 2 N–H and O–H groups in total. The topological polar surface area (TPSA) is 86.7 Å². The van der Waals surface area contributed by atoms with Gasteiger partial charge in [0.25, 0.3) is 0 Å². The van der Waals surface area contributed by atoms with Gasteiger partial charge in [-0.25, -0.2) is 8.42 Å². The fraction of sp³-hybridized carbons (Fsp3) is 0.435. The van der Waals surface area contributed by atoms with E-state index in [1.807, 2.05) is 12.1 Å². The minimum Gasteiger partial charge on any atom is -0.508 e. The number of fused-ring (bicyclic) bond motifs is 4. The lowest BCUT2D eigenvalue weighted by atomic mass is 9.61. The summed E-state index contributed by atoms with van der Waals surface area (Å²) < 4.78 is 23.3. The molecule has 7 heteroatoms. The highest BCUT2D eigenvalue weighted by Crippen LogP contribution is 2.45. The van der Waals surface area contributed by atoms with E-state index in [1.54, 1.807) is 30.3 Å². The van der Waals surface area contributed by atoms with Gasteiger partial charge in [-0.2, -0.15) is 0 Å². The Morgan fingerprint density at radius 3 is 2.60 bits per heavy atom. The maximum absolute atomic E-state index is 12.9. The summed E-state index contributed by atoms with van der Waals surface area (Å²) in [6.45, 7) is 3.12. The standard InChI is InChI=1S/C23H28N2O4S/c1-23-10-11-25(2)20(13-16-6-7-17(26)14-19(16)23)22(23)24-21(27)12-15-4-8-18(9-5-15)30(3,28)29/h4-9,14,20,22,26H,10-13H2,1-3H3,(H,24,27). The number of piperidine rings is 1. The van der Waals surface area contributed by atoms with Crippen molar-refractivity contribution in [1.82, 2.24) is 10.2 Å². The second-order valence-corrected chi connectivity index (χ2v) is 10.9. The number of hydrogen-bond donors (Lipinski definition) is 2. The van der Waals surface area contributed by atoms with E-state index in [4.69, 9.17) is 0 Å². The van der Waals surface area contributed by atoms with E-state index in [9.17, 15) is 18.3 Å². The molecule has 1 saturated heterocycles. The molecule has 1 aliphatic heterocycles. The number of nitrogens with zero attached hydrogens (tertiary/aromatic N) is 1. The molecule has 2 bridgehead atoms. The zero-order valence-corrected chi connectivity index (χ0v) is 18.4. The molecule has 1 fully saturated rings. The molecule has 3 atom stereocenters. The first kappa shape index (κ1) is 20.9. The first-order valence-corrected chi connectivity index (χ1v) is 12.1. The quantitative estimate of drug-likeness (QED) is 0.778. The minimum absolute atomic E-state index is 0.0617. The average Bonchev–Trinajstić information content (AvgIpc) is 2.67. The van der Waals surface area contributed by atoms with Gasteiger partial charge in [-0.3, -0.25) is 4.79 Å². The number of hydrogen-bond acceptors (Lipinski definition) is 5. The Morgan fingerprint density at radius 1 is 1.23 bits per heavy atom. The van der Waals surface area contributed by atoms with Crippen LogP contribution in [0.15, 0.2) is 47.4 Å². The molecule has 3 unspecified atom stereocenters. The van der Waals surface area contributed by atoms with Crippen molar-refractivity contribution < 1.29 is 18.3 Å². The van der Waals surface area contributed by atoms with Gasteiger partial charge < -0.3 is 15.3 Å². The van der Waals surface area contributed by atoms with Crippen LogP contribution in [-0.4, -0.2) is 56.3 Å². The van der Waals surface area contributed by atoms with E-state index >= 15 is 0 Å². The van der Waals surface area contributed by atoms with Crippen LogP contribution in [0.2, 0.25) is 0 Å². The average molecular weight is 429 g/mol. The third-order valence-electron chi connectivity index (χ3n) is 6.79. The first-order chi connectivity index (χ1) is 14.1. The van der Waals surface area contributed by atoms with Crippen LogP contribution >= 0.6 is 0 Å². The van der Waals surface area contributed by atoms with Crippen molar-refractivity contribution in [3.8, 4) is 5.75 Å². The van der Waals surface area contributed by atoms with E-state index < -0.39 is 9.84 Å². The molecule has 1 aliphatic carbocycles.